The molecule has 0 atom stereocenters. The van der Waals surface area contributed by atoms with Crippen LogP contribution in [-0.2, 0) is 10.0 Å². The van der Waals surface area contributed by atoms with Crippen molar-refractivity contribution in [3.05, 3.63) is 65.0 Å². The monoisotopic (exact) mass is 350 g/mol. The first-order chi connectivity index (χ1) is 10.8. The number of hydrogen-bond acceptors (Lipinski definition) is 3. The van der Waals surface area contributed by atoms with E-state index in [1.807, 2.05) is 0 Å². The minimum absolute atomic E-state index is 0.191. The van der Waals surface area contributed by atoms with E-state index in [0.29, 0.717) is 0 Å². The Morgan fingerprint density at radius 1 is 0.826 bits per heavy atom. The number of nitrogens with zero attached hydrogens (tertiary/aromatic N) is 1. The molecule has 1 N–H and O–H groups in total. The quantitative estimate of drug-likeness (QED) is 0.303. The zero-order valence-corrected chi connectivity index (χ0v) is 11.8. The van der Waals surface area contributed by atoms with Gasteiger partial charge in [-0.15, -0.1) is 0 Å². The molecule has 0 radical (unpaired) electrons. The van der Waals surface area contributed by atoms with Crippen LogP contribution in [0.3, 0.4) is 0 Å². The Hall–Kier alpha value is -2.49. The second kappa shape index (κ2) is 6.32. The summed E-state index contributed by atoms with van der Waals surface area (Å²) in [5.41, 5.74) is -1.36. The van der Waals surface area contributed by atoms with Crippen LogP contribution in [0.15, 0.2) is 40.3 Å². The average Bonchev–Trinajstić information content (AvgIpc) is 2.55. The third kappa shape index (κ3) is 3.31. The number of sulfonamides is 1. The van der Waals surface area contributed by atoms with Gasteiger partial charge in [0.05, 0.1) is 16.7 Å². The minimum Gasteiger partial charge on any atom is -0.203 e. The Morgan fingerprint density at radius 3 is 1.83 bits per heavy atom. The highest BCUT2D eigenvalue weighted by atomic mass is 32.2. The summed E-state index contributed by atoms with van der Waals surface area (Å²) in [4.78, 5) is 1.40. The molecule has 0 saturated heterocycles. The van der Waals surface area contributed by atoms with E-state index in [4.69, 9.17) is 0 Å². The van der Waals surface area contributed by atoms with E-state index in [1.165, 1.54) is 24.3 Å². The second-order valence-electron chi connectivity index (χ2n) is 4.15. The third-order valence-electron chi connectivity index (χ3n) is 2.66. The summed E-state index contributed by atoms with van der Waals surface area (Å²) in [7, 11) is -4.14. The van der Waals surface area contributed by atoms with E-state index in [2.05, 4.69) is 5.10 Å². The zero-order valence-electron chi connectivity index (χ0n) is 11.0. The SMILES string of the molecule is O=S(=O)(N/N=C\c1c(F)c(F)c(F)c(F)c1F)c1ccccc1. The third-order valence-corrected chi connectivity index (χ3v) is 3.90. The van der Waals surface area contributed by atoms with E-state index in [0.717, 1.165) is 0 Å². The molecule has 0 saturated carbocycles. The molecule has 2 aromatic carbocycles. The summed E-state index contributed by atoms with van der Waals surface area (Å²) in [5.74, 6) is -10.9. The molecule has 0 aromatic heterocycles. The number of nitrogens with one attached hydrogen (secondary N) is 1. The lowest BCUT2D eigenvalue weighted by Gasteiger charge is -2.05. The van der Waals surface area contributed by atoms with Crippen molar-refractivity contribution in [2.24, 2.45) is 5.10 Å². The average molecular weight is 350 g/mol. The summed E-state index contributed by atoms with van der Waals surface area (Å²) in [6.07, 6.45) is 0.191. The van der Waals surface area contributed by atoms with Crippen LogP contribution < -0.4 is 4.83 Å². The molecule has 0 aliphatic rings. The normalized spacial score (nSPS) is 11.9. The predicted molar refractivity (Wildman–Crippen MR) is 70.6 cm³/mol. The molecule has 2 rings (SSSR count). The summed E-state index contributed by atoms with van der Waals surface area (Å²) in [5, 5.41) is 3.02. The first-order valence-electron chi connectivity index (χ1n) is 5.87. The minimum atomic E-state index is -4.14. The van der Waals surface area contributed by atoms with Gasteiger partial charge in [0, 0.05) is 0 Å². The topological polar surface area (TPSA) is 58.5 Å². The Bertz CT molecular complexity index is 841. The summed E-state index contributed by atoms with van der Waals surface area (Å²) in [6.45, 7) is 0. The molecule has 0 amide bonds. The molecule has 122 valence electrons. The first kappa shape index (κ1) is 16.9. The van der Waals surface area contributed by atoms with Gasteiger partial charge in [0.2, 0.25) is 5.82 Å². The molecular weight excluding hydrogens is 343 g/mol. The van der Waals surface area contributed by atoms with Crippen LogP contribution in [-0.4, -0.2) is 14.6 Å². The highest BCUT2D eigenvalue weighted by Gasteiger charge is 2.24. The molecular formula is C13H7F5N2O2S. The van der Waals surface area contributed by atoms with Crippen LogP contribution in [0.2, 0.25) is 0 Å². The molecule has 4 nitrogen and oxygen atoms in total. The smallest absolute Gasteiger partial charge is 0.203 e. The van der Waals surface area contributed by atoms with Crippen molar-refractivity contribution in [3.63, 3.8) is 0 Å². The van der Waals surface area contributed by atoms with Gasteiger partial charge in [-0.05, 0) is 12.1 Å². The highest BCUT2D eigenvalue weighted by molar-refractivity contribution is 7.89. The largest absolute Gasteiger partial charge is 0.276 e. The van der Waals surface area contributed by atoms with E-state index >= 15 is 0 Å². The van der Waals surface area contributed by atoms with Crippen molar-refractivity contribution < 1.29 is 30.4 Å². The zero-order chi connectivity index (χ0) is 17.2. The van der Waals surface area contributed by atoms with Crippen LogP contribution in [0.5, 0.6) is 0 Å². The van der Waals surface area contributed by atoms with Crippen LogP contribution in [0, 0.1) is 29.1 Å². The van der Waals surface area contributed by atoms with Crippen molar-refractivity contribution in [1.29, 1.82) is 0 Å². The van der Waals surface area contributed by atoms with Crippen molar-refractivity contribution in [1.82, 2.24) is 4.83 Å². The van der Waals surface area contributed by atoms with Gasteiger partial charge in [-0.3, -0.25) is 0 Å². The second-order valence-corrected chi connectivity index (χ2v) is 5.81. The summed E-state index contributed by atoms with van der Waals surface area (Å²) in [6, 6.07) is 6.83. The maximum absolute atomic E-state index is 13.4. The van der Waals surface area contributed by atoms with Gasteiger partial charge < -0.3 is 0 Å². The van der Waals surface area contributed by atoms with E-state index in [-0.39, 0.29) is 11.1 Å². The maximum atomic E-state index is 13.4. The Kier molecular flexibility index (Phi) is 4.64. The fourth-order valence-electron chi connectivity index (χ4n) is 1.55. The molecule has 23 heavy (non-hydrogen) atoms. The Morgan fingerprint density at radius 2 is 1.30 bits per heavy atom. The molecule has 10 heteroatoms. The molecule has 0 heterocycles. The molecule has 2 aromatic rings. The Labute approximate surface area is 127 Å². The Balaban J connectivity index is 2.32. The number of hydrogen-bond donors (Lipinski definition) is 1. The molecule has 0 fully saturated rings. The lowest BCUT2D eigenvalue weighted by molar-refractivity contribution is 0.377. The lowest BCUT2D eigenvalue weighted by Crippen LogP contribution is -2.18. The van der Waals surface area contributed by atoms with Crippen molar-refractivity contribution in [3.8, 4) is 0 Å². The number of halogens is 5. The predicted octanol–water partition coefficient (Wildman–Crippen LogP) is 2.69. The molecule has 0 spiro atoms. The van der Waals surface area contributed by atoms with Crippen LogP contribution >= 0.6 is 0 Å². The maximum Gasteiger partial charge on any atom is 0.276 e. The van der Waals surface area contributed by atoms with Crippen LogP contribution in [0.1, 0.15) is 5.56 Å². The van der Waals surface area contributed by atoms with Gasteiger partial charge >= 0.3 is 0 Å². The number of rotatable bonds is 4. The van der Waals surface area contributed by atoms with Gasteiger partial charge in [0.25, 0.3) is 10.0 Å². The van der Waals surface area contributed by atoms with E-state index in [9.17, 15) is 30.4 Å². The molecule has 0 aliphatic carbocycles. The summed E-state index contributed by atoms with van der Waals surface area (Å²) < 4.78 is 89.0. The van der Waals surface area contributed by atoms with Gasteiger partial charge in [-0.1, -0.05) is 18.2 Å². The van der Waals surface area contributed by atoms with Crippen molar-refractivity contribution in [2.45, 2.75) is 4.90 Å². The van der Waals surface area contributed by atoms with Gasteiger partial charge in [0.15, 0.2) is 23.3 Å². The fourth-order valence-corrected chi connectivity index (χ4v) is 2.36. The van der Waals surface area contributed by atoms with Gasteiger partial charge in [0.1, 0.15) is 0 Å². The lowest BCUT2D eigenvalue weighted by atomic mass is 10.2. The van der Waals surface area contributed by atoms with Crippen LogP contribution in [0.4, 0.5) is 22.0 Å². The van der Waals surface area contributed by atoms with Crippen molar-refractivity contribution >= 4 is 16.2 Å². The first-order valence-corrected chi connectivity index (χ1v) is 7.35. The molecule has 0 unspecified atom stereocenters. The molecule has 0 aliphatic heterocycles. The van der Waals surface area contributed by atoms with E-state index < -0.39 is 44.7 Å². The van der Waals surface area contributed by atoms with Gasteiger partial charge in [-0.2, -0.15) is 13.5 Å². The number of hydrazone groups is 1. The number of benzene rings is 2. The fraction of sp³-hybridized carbons (Fsp3) is 0. The highest BCUT2D eigenvalue weighted by Crippen LogP contribution is 2.21. The van der Waals surface area contributed by atoms with E-state index in [1.54, 1.807) is 10.9 Å². The summed E-state index contributed by atoms with van der Waals surface area (Å²) >= 11 is 0. The standard InChI is InChI=1S/C13H7F5N2O2S/c14-9-8(10(15)12(17)13(18)11(9)16)6-19-20-23(21,22)7-4-2-1-3-5-7/h1-6,20H/b19-6-. The van der Waals surface area contributed by atoms with Crippen molar-refractivity contribution in [2.75, 3.05) is 0 Å². The van der Waals surface area contributed by atoms with Crippen LogP contribution in [0.25, 0.3) is 0 Å². The molecule has 0 bridgehead atoms. The van der Waals surface area contributed by atoms with Gasteiger partial charge in [-0.25, -0.2) is 26.8 Å².